The first-order valence-corrected chi connectivity index (χ1v) is 10.2. The Morgan fingerprint density at radius 3 is 2.73 bits per heavy atom. The Morgan fingerprint density at radius 1 is 1.23 bits per heavy atom. The van der Waals surface area contributed by atoms with Crippen LogP contribution in [-0.2, 0) is 4.79 Å². The Hall–Kier alpha value is -0.720. The molecule has 0 radical (unpaired) electrons. The lowest BCUT2D eigenvalue weighted by Gasteiger charge is -2.02. The number of thiophene rings is 1. The number of amides is 1. The maximum Gasteiger partial charge on any atom is 0.226 e. The summed E-state index contributed by atoms with van der Waals surface area (Å²) < 4.78 is 1.09. The van der Waals surface area contributed by atoms with E-state index in [0.717, 1.165) is 27.2 Å². The van der Waals surface area contributed by atoms with Crippen molar-refractivity contribution in [1.29, 1.82) is 0 Å². The van der Waals surface area contributed by atoms with Crippen molar-refractivity contribution in [3.8, 4) is 10.6 Å². The zero-order chi connectivity index (χ0) is 15.8. The van der Waals surface area contributed by atoms with E-state index in [2.05, 4.69) is 33.2 Å². The Labute approximate surface area is 148 Å². The van der Waals surface area contributed by atoms with Crippen LogP contribution < -0.4 is 5.32 Å². The summed E-state index contributed by atoms with van der Waals surface area (Å²) >= 11 is 6.58. The standard InChI is InChI=1S/C16H21BrN2OS2/c1-2-3-4-5-6-7-8-15(20)19-16-18-12(11-21-16)13-9-10-14(17)22-13/h9-11H,2-8H2,1H3,(H,18,19,20). The molecule has 1 amide bonds. The third-order valence-electron chi connectivity index (χ3n) is 3.33. The van der Waals surface area contributed by atoms with Gasteiger partial charge in [-0.15, -0.1) is 22.7 Å². The second-order valence-corrected chi connectivity index (χ2v) is 8.53. The summed E-state index contributed by atoms with van der Waals surface area (Å²) in [5, 5.41) is 5.58. The van der Waals surface area contributed by atoms with E-state index in [1.165, 1.54) is 37.0 Å². The molecule has 0 saturated carbocycles. The summed E-state index contributed by atoms with van der Waals surface area (Å²) in [6.45, 7) is 2.21. The van der Waals surface area contributed by atoms with Gasteiger partial charge in [-0.2, -0.15) is 0 Å². The highest BCUT2D eigenvalue weighted by atomic mass is 79.9. The highest BCUT2D eigenvalue weighted by Crippen LogP contribution is 2.33. The minimum atomic E-state index is 0.0729. The van der Waals surface area contributed by atoms with Crippen LogP contribution in [0.5, 0.6) is 0 Å². The van der Waals surface area contributed by atoms with Crippen molar-refractivity contribution in [1.82, 2.24) is 4.98 Å². The largest absolute Gasteiger partial charge is 0.302 e. The maximum absolute atomic E-state index is 11.9. The topological polar surface area (TPSA) is 42.0 Å². The minimum Gasteiger partial charge on any atom is -0.302 e. The number of carbonyl (C=O) groups is 1. The number of thiazole rings is 1. The molecule has 2 aromatic heterocycles. The molecule has 2 aromatic rings. The van der Waals surface area contributed by atoms with Gasteiger partial charge in [-0.1, -0.05) is 39.0 Å². The first-order chi connectivity index (χ1) is 10.7. The van der Waals surface area contributed by atoms with Crippen LogP contribution in [0.1, 0.15) is 51.9 Å². The Bertz CT molecular complexity index is 594. The first kappa shape index (κ1) is 17.6. The van der Waals surface area contributed by atoms with Crippen LogP contribution in [0.3, 0.4) is 0 Å². The van der Waals surface area contributed by atoms with E-state index in [9.17, 15) is 4.79 Å². The number of anilines is 1. The van der Waals surface area contributed by atoms with Crippen molar-refractivity contribution < 1.29 is 4.79 Å². The first-order valence-electron chi connectivity index (χ1n) is 7.70. The van der Waals surface area contributed by atoms with Crippen molar-refractivity contribution in [2.45, 2.75) is 51.9 Å². The number of nitrogens with one attached hydrogen (secondary N) is 1. The van der Waals surface area contributed by atoms with E-state index in [4.69, 9.17) is 0 Å². The molecular formula is C16H21BrN2OS2. The number of hydrogen-bond donors (Lipinski definition) is 1. The predicted molar refractivity (Wildman–Crippen MR) is 99.7 cm³/mol. The molecule has 0 atom stereocenters. The van der Waals surface area contributed by atoms with Crippen LogP contribution in [0.15, 0.2) is 21.3 Å². The third-order valence-corrected chi connectivity index (χ3v) is 5.74. The Balaban J connectivity index is 1.72. The lowest BCUT2D eigenvalue weighted by atomic mass is 10.1. The molecule has 0 fully saturated rings. The molecule has 0 aromatic carbocycles. The van der Waals surface area contributed by atoms with Crippen LogP contribution in [0, 0.1) is 0 Å². The fourth-order valence-corrected chi connectivity index (χ4v) is 4.29. The molecule has 120 valence electrons. The van der Waals surface area contributed by atoms with Gasteiger partial charge in [0.2, 0.25) is 5.91 Å². The third kappa shape index (κ3) is 5.82. The summed E-state index contributed by atoms with van der Waals surface area (Å²) in [5.41, 5.74) is 0.926. The fourth-order valence-electron chi connectivity index (χ4n) is 2.14. The number of aromatic nitrogens is 1. The second kappa shape index (κ2) is 9.43. The lowest BCUT2D eigenvalue weighted by molar-refractivity contribution is -0.116. The molecule has 0 unspecified atom stereocenters. The molecule has 0 bridgehead atoms. The summed E-state index contributed by atoms with van der Waals surface area (Å²) in [7, 11) is 0. The summed E-state index contributed by atoms with van der Waals surface area (Å²) in [6, 6.07) is 4.04. The van der Waals surface area contributed by atoms with E-state index < -0.39 is 0 Å². The Kier molecular flexibility index (Phi) is 7.55. The van der Waals surface area contributed by atoms with Gasteiger partial charge >= 0.3 is 0 Å². The summed E-state index contributed by atoms with van der Waals surface area (Å²) in [6.07, 6.45) is 7.76. The van der Waals surface area contributed by atoms with Crippen LogP contribution in [0.4, 0.5) is 5.13 Å². The van der Waals surface area contributed by atoms with Gasteiger partial charge in [0.15, 0.2) is 5.13 Å². The highest BCUT2D eigenvalue weighted by molar-refractivity contribution is 9.11. The van der Waals surface area contributed by atoms with Crippen LogP contribution in [-0.4, -0.2) is 10.9 Å². The zero-order valence-corrected chi connectivity index (χ0v) is 16.0. The van der Waals surface area contributed by atoms with Crippen LogP contribution in [0.25, 0.3) is 10.6 Å². The molecule has 1 N–H and O–H groups in total. The number of hydrogen-bond acceptors (Lipinski definition) is 4. The van der Waals surface area contributed by atoms with E-state index in [1.807, 2.05) is 17.5 Å². The van der Waals surface area contributed by atoms with Crippen molar-refractivity contribution in [3.05, 3.63) is 21.3 Å². The molecule has 0 aliphatic rings. The quantitative estimate of drug-likeness (QED) is 0.500. The minimum absolute atomic E-state index is 0.0729. The molecule has 0 aliphatic carbocycles. The molecule has 3 nitrogen and oxygen atoms in total. The highest BCUT2D eigenvalue weighted by Gasteiger charge is 2.09. The number of nitrogens with zero attached hydrogens (tertiary/aromatic N) is 1. The molecular weight excluding hydrogens is 380 g/mol. The van der Waals surface area contributed by atoms with E-state index in [-0.39, 0.29) is 5.91 Å². The second-order valence-electron chi connectivity index (χ2n) is 5.21. The zero-order valence-electron chi connectivity index (χ0n) is 12.7. The predicted octanol–water partition coefficient (Wildman–Crippen LogP) is 6.32. The summed E-state index contributed by atoms with van der Waals surface area (Å²) in [5.74, 6) is 0.0729. The molecule has 0 saturated heterocycles. The van der Waals surface area contributed by atoms with E-state index in [0.29, 0.717) is 11.6 Å². The maximum atomic E-state index is 11.9. The molecule has 2 heterocycles. The fraction of sp³-hybridized carbons (Fsp3) is 0.500. The number of carbonyl (C=O) groups excluding carboxylic acids is 1. The van der Waals surface area contributed by atoms with Crippen LogP contribution >= 0.6 is 38.6 Å². The van der Waals surface area contributed by atoms with Gasteiger partial charge in [-0.25, -0.2) is 4.98 Å². The van der Waals surface area contributed by atoms with Gasteiger partial charge in [0.05, 0.1) is 14.4 Å². The smallest absolute Gasteiger partial charge is 0.226 e. The van der Waals surface area contributed by atoms with Gasteiger partial charge in [0, 0.05) is 11.8 Å². The van der Waals surface area contributed by atoms with Crippen molar-refractivity contribution in [2.75, 3.05) is 5.32 Å². The van der Waals surface area contributed by atoms with E-state index >= 15 is 0 Å². The SMILES string of the molecule is CCCCCCCCC(=O)Nc1nc(-c2ccc(Br)s2)cs1. The van der Waals surface area contributed by atoms with Gasteiger partial charge < -0.3 is 5.32 Å². The monoisotopic (exact) mass is 400 g/mol. The number of rotatable bonds is 9. The number of unbranched alkanes of at least 4 members (excludes halogenated alkanes) is 5. The van der Waals surface area contributed by atoms with Gasteiger partial charge in [-0.3, -0.25) is 4.79 Å². The van der Waals surface area contributed by atoms with Crippen molar-refractivity contribution in [3.63, 3.8) is 0 Å². The molecule has 0 spiro atoms. The lowest BCUT2D eigenvalue weighted by Crippen LogP contribution is -2.10. The molecule has 0 aliphatic heterocycles. The van der Waals surface area contributed by atoms with Gasteiger partial charge in [0.1, 0.15) is 0 Å². The molecule has 6 heteroatoms. The van der Waals surface area contributed by atoms with E-state index in [1.54, 1.807) is 11.3 Å². The van der Waals surface area contributed by atoms with Crippen LogP contribution in [0.2, 0.25) is 0 Å². The average Bonchev–Trinajstić information content (AvgIpc) is 3.11. The van der Waals surface area contributed by atoms with Crippen molar-refractivity contribution >= 4 is 49.6 Å². The van der Waals surface area contributed by atoms with Gasteiger partial charge in [0.25, 0.3) is 0 Å². The van der Waals surface area contributed by atoms with Gasteiger partial charge in [-0.05, 0) is 34.5 Å². The molecule has 22 heavy (non-hydrogen) atoms. The Morgan fingerprint density at radius 2 is 2.00 bits per heavy atom. The average molecular weight is 401 g/mol. The number of halogens is 1. The normalized spacial score (nSPS) is 10.8. The molecule has 2 rings (SSSR count). The van der Waals surface area contributed by atoms with Crippen molar-refractivity contribution in [2.24, 2.45) is 0 Å². The summed E-state index contributed by atoms with van der Waals surface area (Å²) in [4.78, 5) is 17.5.